The number of unbranched alkanes of at least 4 members (excludes halogenated alkanes) is 16. The Balaban J connectivity index is 2.03. The molecule has 2 aromatic rings. The SMILES string of the molecule is CCCCCCCCCCCCCCCCCCN(C)S(=O)(=O)c1ccc(OC(C(=O)Nc2ccccc2)(C(=O)C(C)(C)C)C(CCC)CCCC)cc1. The van der Waals surface area contributed by atoms with E-state index in [0.29, 0.717) is 25.1 Å². The molecule has 2 atom stereocenters. The van der Waals surface area contributed by atoms with Crippen LogP contribution in [0.25, 0.3) is 0 Å². The molecule has 2 rings (SSSR count). The first kappa shape index (κ1) is 47.4. The molecule has 0 spiro atoms. The number of nitrogens with one attached hydrogen (secondary N) is 1. The molecule has 306 valence electrons. The number of para-hydroxylation sites is 1. The van der Waals surface area contributed by atoms with Gasteiger partial charge in [0, 0.05) is 30.6 Å². The Hall–Kier alpha value is -2.71. The van der Waals surface area contributed by atoms with E-state index in [1.165, 1.54) is 99.9 Å². The maximum Gasteiger partial charge on any atom is 0.276 e. The van der Waals surface area contributed by atoms with Crippen LogP contribution in [0.5, 0.6) is 5.75 Å². The molecule has 1 amide bonds. The van der Waals surface area contributed by atoms with Gasteiger partial charge in [0.25, 0.3) is 5.91 Å². The van der Waals surface area contributed by atoms with E-state index in [0.717, 1.165) is 38.5 Å². The number of ether oxygens (including phenoxy) is 1. The zero-order valence-corrected chi connectivity index (χ0v) is 36.0. The summed E-state index contributed by atoms with van der Waals surface area (Å²) in [5.74, 6) is -0.897. The van der Waals surface area contributed by atoms with E-state index in [4.69, 9.17) is 4.74 Å². The lowest BCUT2D eigenvalue weighted by Gasteiger charge is -2.41. The van der Waals surface area contributed by atoms with Gasteiger partial charge in [-0.15, -0.1) is 0 Å². The lowest BCUT2D eigenvalue weighted by Crippen LogP contribution is -2.62. The maximum absolute atomic E-state index is 14.5. The largest absolute Gasteiger partial charge is 0.469 e. The van der Waals surface area contributed by atoms with Crippen LogP contribution in [0, 0.1) is 11.3 Å². The third kappa shape index (κ3) is 15.8. The summed E-state index contributed by atoms with van der Waals surface area (Å²) in [6.07, 6.45) is 24.2. The minimum atomic E-state index is -3.72. The van der Waals surface area contributed by atoms with Crippen LogP contribution in [0.15, 0.2) is 59.5 Å². The average Bonchev–Trinajstić information content (AvgIpc) is 3.15. The van der Waals surface area contributed by atoms with Gasteiger partial charge in [0.15, 0.2) is 5.78 Å². The van der Waals surface area contributed by atoms with Crippen LogP contribution in [-0.2, 0) is 19.6 Å². The minimum Gasteiger partial charge on any atom is -0.469 e. The quantitative estimate of drug-likeness (QED) is 0.0631. The molecule has 2 unspecified atom stereocenters. The molecular formula is C46H76N2O5S. The number of rotatable bonds is 30. The normalized spacial score (nSPS) is 13.8. The summed E-state index contributed by atoms with van der Waals surface area (Å²) in [5, 5.41) is 2.99. The fourth-order valence-electron chi connectivity index (χ4n) is 7.35. The van der Waals surface area contributed by atoms with Crippen LogP contribution < -0.4 is 10.1 Å². The van der Waals surface area contributed by atoms with Crippen LogP contribution in [0.2, 0.25) is 0 Å². The second-order valence-corrected chi connectivity index (χ2v) is 18.5. The average molecular weight is 769 g/mol. The van der Waals surface area contributed by atoms with Crippen LogP contribution in [0.4, 0.5) is 5.69 Å². The first-order valence-corrected chi connectivity index (χ1v) is 22.9. The molecule has 0 aliphatic heterocycles. The molecule has 0 aliphatic carbocycles. The van der Waals surface area contributed by atoms with Crippen molar-refractivity contribution in [3.8, 4) is 5.75 Å². The number of hydrogen-bond donors (Lipinski definition) is 1. The monoisotopic (exact) mass is 769 g/mol. The molecule has 0 saturated heterocycles. The van der Waals surface area contributed by atoms with E-state index >= 15 is 0 Å². The number of carbonyl (C=O) groups is 2. The predicted octanol–water partition coefficient (Wildman–Crippen LogP) is 12.5. The molecule has 0 aliphatic rings. The second-order valence-electron chi connectivity index (χ2n) is 16.5. The molecule has 0 heterocycles. The molecule has 0 fully saturated rings. The van der Waals surface area contributed by atoms with E-state index in [9.17, 15) is 18.0 Å². The van der Waals surface area contributed by atoms with Crippen molar-refractivity contribution in [2.45, 2.75) is 187 Å². The van der Waals surface area contributed by atoms with Gasteiger partial charge in [0.2, 0.25) is 15.6 Å². The van der Waals surface area contributed by atoms with E-state index in [-0.39, 0.29) is 22.3 Å². The van der Waals surface area contributed by atoms with Crippen molar-refractivity contribution >= 4 is 27.4 Å². The van der Waals surface area contributed by atoms with Crippen molar-refractivity contribution in [1.82, 2.24) is 4.31 Å². The zero-order valence-electron chi connectivity index (χ0n) is 35.2. The Morgan fingerprint density at radius 2 is 1.13 bits per heavy atom. The van der Waals surface area contributed by atoms with E-state index in [1.54, 1.807) is 31.3 Å². The van der Waals surface area contributed by atoms with Crippen molar-refractivity contribution in [3.63, 3.8) is 0 Å². The molecule has 2 aromatic carbocycles. The smallest absolute Gasteiger partial charge is 0.276 e. The van der Waals surface area contributed by atoms with Crippen LogP contribution >= 0.6 is 0 Å². The molecule has 0 saturated carbocycles. The number of Topliss-reactive ketones (excluding diaryl/α,β-unsaturated/α-hetero) is 1. The van der Waals surface area contributed by atoms with Gasteiger partial charge in [-0.25, -0.2) is 12.7 Å². The molecule has 8 heteroatoms. The van der Waals surface area contributed by atoms with Crippen molar-refractivity contribution in [2.24, 2.45) is 11.3 Å². The topological polar surface area (TPSA) is 92.8 Å². The first-order chi connectivity index (χ1) is 25.8. The first-order valence-electron chi connectivity index (χ1n) is 21.5. The van der Waals surface area contributed by atoms with Crippen molar-refractivity contribution in [2.75, 3.05) is 18.9 Å². The molecule has 0 bridgehead atoms. The minimum absolute atomic E-state index is 0.159. The summed E-state index contributed by atoms with van der Waals surface area (Å²) in [6, 6.07) is 15.3. The highest BCUT2D eigenvalue weighted by atomic mass is 32.2. The number of benzene rings is 2. The second kappa shape index (κ2) is 25.4. The summed E-state index contributed by atoms with van der Waals surface area (Å²) >= 11 is 0. The Labute approximate surface area is 330 Å². The number of anilines is 1. The van der Waals surface area contributed by atoms with E-state index < -0.39 is 26.9 Å². The Kier molecular flexibility index (Phi) is 22.4. The van der Waals surface area contributed by atoms with E-state index in [2.05, 4.69) is 26.1 Å². The van der Waals surface area contributed by atoms with Gasteiger partial charge >= 0.3 is 0 Å². The highest BCUT2D eigenvalue weighted by Crippen LogP contribution is 2.40. The predicted molar refractivity (Wildman–Crippen MR) is 227 cm³/mol. The van der Waals surface area contributed by atoms with Gasteiger partial charge in [0.05, 0.1) is 4.90 Å². The summed E-state index contributed by atoms with van der Waals surface area (Å²) in [4.78, 5) is 29.1. The number of amides is 1. The summed E-state index contributed by atoms with van der Waals surface area (Å²) in [5.41, 5.74) is -2.12. The fraction of sp³-hybridized carbons (Fsp3) is 0.696. The Morgan fingerprint density at radius 1 is 0.648 bits per heavy atom. The van der Waals surface area contributed by atoms with Crippen molar-refractivity contribution in [1.29, 1.82) is 0 Å². The van der Waals surface area contributed by atoms with E-state index in [1.807, 2.05) is 39.0 Å². The Morgan fingerprint density at radius 3 is 1.59 bits per heavy atom. The van der Waals surface area contributed by atoms with Crippen molar-refractivity contribution in [3.05, 3.63) is 54.6 Å². The number of sulfonamides is 1. The summed E-state index contributed by atoms with van der Waals surface area (Å²) in [6.45, 7) is 12.3. The van der Waals surface area contributed by atoms with Gasteiger partial charge in [-0.05, 0) is 55.7 Å². The van der Waals surface area contributed by atoms with Gasteiger partial charge in [-0.3, -0.25) is 9.59 Å². The highest BCUT2D eigenvalue weighted by Gasteiger charge is 2.57. The highest BCUT2D eigenvalue weighted by molar-refractivity contribution is 7.89. The lowest BCUT2D eigenvalue weighted by molar-refractivity contribution is -0.158. The number of nitrogens with zero attached hydrogens (tertiary/aromatic N) is 1. The maximum atomic E-state index is 14.5. The van der Waals surface area contributed by atoms with Crippen LogP contribution in [0.1, 0.15) is 176 Å². The third-order valence-corrected chi connectivity index (χ3v) is 12.5. The number of ketones is 1. The van der Waals surface area contributed by atoms with Gasteiger partial charge < -0.3 is 10.1 Å². The van der Waals surface area contributed by atoms with Gasteiger partial charge in [-0.2, -0.15) is 0 Å². The number of hydrogen-bond acceptors (Lipinski definition) is 5. The fourth-order valence-corrected chi connectivity index (χ4v) is 8.56. The molecule has 54 heavy (non-hydrogen) atoms. The number of carbonyl (C=O) groups excluding carboxylic acids is 2. The van der Waals surface area contributed by atoms with Crippen LogP contribution in [0.3, 0.4) is 0 Å². The molecule has 1 N–H and O–H groups in total. The van der Waals surface area contributed by atoms with Crippen LogP contribution in [-0.4, -0.2) is 43.6 Å². The third-order valence-electron chi connectivity index (χ3n) is 10.6. The van der Waals surface area contributed by atoms with Crippen molar-refractivity contribution < 1.29 is 22.7 Å². The Bertz CT molecular complexity index is 1420. The molecular weight excluding hydrogens is 693 g/mol. The zero-order chi connectivity index (χ0) is 39.9. The van der Waals surface area contributed by atoms with Gasteiger partial charge in [0.1, 0.15) is 5.75 Å². The standard InChI is InChI=1S/C46H76N2O5S/c1-8-11-13-14-15-16-17-18-19-20-21-22-23-24-25-29-38-48(7)54(51,52)42-36-34-41(35-37-42)53-46(43(49)45(4,5)6,39(30-10-3)31-12-9-2)44(50)47-40-32-27-26-28-33-40/h26-28,32-37,39H,8-25,29-31,38H2,1-7H3,(H,47,50). The summed E-state index contributed by atoms with van der Waals surface area (Å²) in [7, 11) is -2.09. The summed E-state index contributed by atoms with van der Waals surface area (Å²) < 4.78 is 35.2. The molecule has 0 radical (unpaired) electrons. The van der Waals surface area contributed by atoms with Gasteiger partial charge in [-0.1, -0.05) is 175 Å². The molecule has 0 aromatic heterocycles. The molecule has 7 nitrogen and oxygen atoms in total. The lowest BCUT2D eigenvalue weighted by atomic mass is 9.69.